The maximum Gasteiger partial charge on any atom is 0.408 e. The molecule has 1 spiro atoms. The first kappa shape index (κ1) is 34.7. The summed E-state index contributed by atoms with van der Waals surface area (Å²) in [6, 6.07) is 12.6. The first-order valence-electron chi connectivity index (χ1n) is 16.8. The van der Waals surface area contributed by atoms with Crippen molar-refractivity contribution < 1.29 is 28.8 Å². The van der Waals surface area contributed by atoms with Crippen LogP contribution in [0.5, 0.6) is 0 Å². The smallest absolute Gasteiger partial charge is 0.408 e. The molecule has 12 nitrogen and oxygen atoms in total. The van der Waals surface area contributed by atoms with Crippen LogP contribution in [-0.2, 0) is 24.5 Å². The van der Waals surface area contributed by atoms with E-state index in [4.69, 9.17) is 4.74 Å². The zero-order valence-corrected chi connectivity index (χ0v) is 28.1. The lowest BCUT2D eigenvalue weighted by atomic mass is 9.73. The Kier molecular flexibility index (Phi) is 10.3. The molecule has 1 heterocycles. The number of aliphatic imine (C=N–C) groups is 1. The summed E-state index contributed by atoms with van der Waals surface area (Å²) in [6.45, 7) is 7.85. The van der Waals surface area contributed by atoms with Gasteiger partial charge in [-0.2, -0.15) is 0 Å². The van der Waals surface area contributed by atoms with Crippen LogP contribution in [0.3, 0.4) is 0 Å². The van der Waals surface area contributed by atoms with E-state index in [0.717, 1.165) is 43.2 Å². The maximum absolute atomic E-state index is 14.0. The average molecular weight is 660 g/mol. The van der Waals surface area contributed by atoms with Crippen molar-refractivity contribution in [1.82, 2.24) is 10.2 Å². The average Bonchev–Trinajstić information content (AvgIpc) is 3.37. The fraction of sp³-hybridized carbons (Fsp3) is 0.528. The molecule has 2 aromatic rings. The minimum Gasteiger partial charge on any atom is -0.444 e. The minimum atomic E-state index is -0.675. The second-order valence-corrected chi connectivity index (χ2v) is 14.3. The quantitative estimate of drug-likeness (QED) is 0.208. The third kappa shape index (κ3) is 7.91. The van der Waals surface area contributed by atoms with Gasteiger partial charge >= 0.3 is 6.09 Å². The van der Waals surface area contributed by atoms with Gasteiger partial charge in [0, 0.05) is 36.3 Å². The van der Waals surface area contributed by atoms with Crippen molar-refractivity contribution in [2.75, 3.05) is 18.4 Å². The lowest BCUT2D eigenvalue weighted by molar-refractivity contribution is -0.384. The number of nitrogens with zero attached hydrogens (tertiary/aromatic N) is 3. The lowest BCUT2D eigenvalue weighted by Crippen LogP contribution is -2.56. The fourth-order valence-corrected chi connectivity index (χ4v) is 7.41. The number of alkyl carbamates (subject to hydrolysis) is 1. The number of non-ortho nitro benzene ring substituents is 1. The predicted octanol–water partition coefficient (Wildman–Crippen LogP) is 6.04. The van der Waals surface area contributed by atoms with Crippen molar-refractivity contribution in [3.8, 4) is 0 Å². The highest BCUT2D eigenvalue weighted by atomic mass is 16.6. The summed E-state index contributed by atoms with van der Waals surface area (Å²) in [6.07, 6.45) is 6.21. The van der Waals surface area contributed by atoms with Crippen LogP contribution in [0.1, 0.15) is 96.1 Å². The molecule has 2 N–H and O–H groups in total. The molecule has 1 saturated carbocycles. The van der Waals surface area contributed by atoms with Gasteiger partial charge in [-0.1, -0.05) is 43.5 Å². The summed E-state index contributed by atoms with van der Waals surface area (Å²) in [5.74, 6) is -1.54. The van der Waals surface area contributed by atoms with E-state index in [-0.39, 0.29) is 28.6 Å². The van der Waals surface area contributed by atoms with Crippen LogP contribution in [0, 0.1) is 16.0 Å². The molecule has 5 rings (SSSR count). The number of likely N-dealkylation sites (tertiary alicyclic amines) is 1. The molecule has 0 radical (unpaired) electrons. The molecule has 2 fully saturated rings. The third-order valence-corrected chi connectivity index (χ3v) is 9.83. The Morgan fingerprint density at radius 2 is 1.65 bits per heavy atom. The van der Waals surface area contributed by atoms with Crippen molar-refractivity contribution in [1.29, 1.82) is 0 Å². The molecule has 3 aliphatic rings. The molecule has 2 aromatic carbocycles. The third-order valence-electron chi connectivity index (χ3n) is 9.83. The van der Waals surface area contributed by atoms with E-state index in [1.165, 1.54) is 31.2 Å². The zero-order chi connectivity index (χ0) is 34.6. The molecule has 0 bridgehead atoms. The largest absolute Gasteiger partial charge is 0.444 e. The highest BCUT2D eigenvalue weighted by molar-refractivity contribution is 6.43. The summed E-state index contributed by atoms with van der Waals surface area (Å²) in [7, 11) is 0. The molecular formula is C36H45N5O7. The van der Waals surface area contributed by atoms with Gasteiger partial charge in [-0.3, -0.25) is 24.5 Å². The number of anilines is 1. The van der Waals surface area contributed by atoms with Crippen molar-refractivity contribution in [3.05, 3.63) is 69.8 Å². The molecular weight excluding hydrogens is 614 g/mol. The number of carbonyl (C=O) groups is 4. The lowest BCUT2D eigenvalue weighted by Gasteiger charge is -2.42. The second kappa shape index (κ2) is 14.2. The number of nitro groups is 1. The van der Waals surface area contributed by atoms with E-state index in [2.05, 4.69) is 15.6 Å². The highest BCUT2D eigenvalue weighted by Crippen LogP contribution is 2.52. The van der Waals surface area contributed by atoms with Crippen LogP contribution in [0.15, 0.2) is 53.5 Å². The predicted molar refractivity (Wildman–Crippen MR) is 181 cm³/mol. The van der Waals surface area contributed by atoms with Crippen LogP contribution >= 0.6 is 0 Å². The number of hydrogen-bond acceptors (Lipinski definition) is 7. The van der Waals surface area contributed by atoms with Gasteiger partial charge in [0.2, 0.25) is 5.91 Å². The zero-order valence-electron chi connectivity index (χ0n) is 28.1. The maximum atomic E-state index is 14.0. The van der Waals surface area contributed by atoms with Crippen LogP contribution in [0.25, 0.3) is 0 Å². The Morgan fingerprint density at radius 1 is 1.00 bits per heavy atom. The topological polar surface area (TPSA) is 160 Å². The molecule has 2 atom stereocenters. The van der Waals surface area contributed by atoms with Gasteiger partial charge in [-0.15, -0.1) is 0 Å². The van der Waals surface area contributed by atoms with Crippen LogP contribution < -0.4 is 10.6 Å². The molecule has 1 aliphatic heterocycles. The molecule has 1 saturated heterocycles. The number of piperidine rings is 1. The van der Waals surface area contributed by atoms with Gasteiger partial charge < -0.3 is 20.3 Å². The van der Waals surface area contributed by atoms with E-state index >= 15 is 0 Å². The van der Waals surface area contributed by atoms with Gasteiger partial charge in [0.1, 0.15) is 17.4 Å². The Balaban J connectivity index is 1.27. The Bertz CT molecular complexity index is 1580. The monoisotopic (exact) mass is 659 g/mol. The number of rotatable bonds is 7. The first-order valence-corrected chi connectivity index (χ1v) is 16.8. The number of nitrogens with one attached hydrogen (secondary N) is 2. The normalized spacial score (nSPS) is 20.0. The number of carbonyl (C=O) groups excluding carboxylic acids is 4. The number of nitro benzene ring substituents is 1. The molecule has 12 heteroatoms. The summed E-state index contributed by atoms with van der Waals surface area (Å²) >= 11 is 0. The number of benzene rings is 2. The van der Waals surface area contributed by atoms with Crippen molar-refractivity contribution >= 4 is 40.9 Å². The Hall–Kier alpha value is -4.61. The molecule has 4 amide bonds. The van der Waals surface area contributed by atoms with Gasteiger partial charge in [-0.05, 0) is 89.0 Å². The minimum absolute atomic E-state index is 0.0107. The molecule has 48 heavy (non-hydrogen) atoms. The highest BCUT2D eigenvalue weighted by Gasteiger charge is 2.49. The van der Waals surface area contributed by atoms with E-state index in [0.29, 0.717) is 38.0 Å². The Labute approximate surface area is 280 Å². The summed E-state index contributed by atoms with van der Waals surface area (Å²) < 4.78 is 5.52. The standard InChI is InChI=1S/C36H45N5O7/c1-23(31(42)38-25-14-16-26(17-15-25)41(46)47)37-32(43)28-22-36(29-13-9-8-12-27(28)29)18-20-40(21-19-36)33(44)30(24-10-6-5-7-11-24)39-34(45)48-35(2,3)4/h8-9,12-17,24,28,30H,5-7,10-11,18-22H2,1-4H3,(H,38,42)(H,39,45). The first-order chi connectivity index (χ1) is 22.8. The summed E-state index contributed by atoms with van der Waals surface area (Å²) in [4.78, 5) is 69.7. The number of hydrogen-bond donors (Lipinski definition) is 2. The van der Waals surface area contributed by atoms with Crippen molar-refractivity contribution in [3.63, 3.8) is 0 Å². The van der Waals surface area contributed by atoms with Gasteiger partial charge in [0.15, 0.2) is 0 Å². The number of fused-ring (bicyclic) bond motifs is 2. The van der Waals surface area contributed by atoms with E-state index in [9.17, 15) is 29.3 Å². The molecule has 2 aliphatic carbocycles. The summed E-state index contributed by atoms with van der Waals surface area (Å²) in [5, 5.41) is 16.5. The van der Waals surface area contributed by atoms with Crippen molar-refractivity contribution in [2.24, 2.45) is 10.9 Å². The van der Waals surface area contributed by atoms with Crippen molar-refractivity contribution in [2.45, 2.75) is 102 Å². The Morgan fingerprint density at radius 3 is 2.27 bits per heavy atom. The fourth-order valence-electron chi connectivity index (χ4n) is 7.41. The van der Waals surface area contributed by atoms with Crippen LogP contribution in [-0.4, -0.2) is 64.1 Å². The summed E-state index contributed by atoms with van der Waals surface area (Å²) in [5.41, 5.74) is 1.21. The van der Waals surface area contributed by atoms with Crippen LogP contribution in [0.4, 0.5) is 16.2 Å². The SMILES string of the molecule is CC(=NC(=O)C1CC2(CCN(C(=O)C(NC(=O)OC(C)(C)C)C3CCCCC3)CC2)c2ccccc21)C(=O)Nc1ccc([N+](=O)[O-])cc1. The second-order valence-electron chi connectivity index (χ2n) is 14.3. The molecule has 0 aromatic heterocycles. The molecule has 256 valence electrons. The van der Waals surface area contributed by atoms with E-state index in [1.54, 1.807) is 20.8 Å². The van der Waals surface area contributed by atoms with E-state index < -0.39 is 40.4 Å². The number of ether oxygens (including phenoxy) is 1. The van der Waals surface area contributed by atoms with Gasteiger partial charge in [0.25, 0.3) is 17.5 Å². The van der Waals surface area contributed by atoms with Gasteiger partial charge in [0.05, 0.1) is 10.8 Å². The van der Waals surface area contributed by atoms with Gasteiger partial charge in [-0.25, -0.2) is 9.79 Å². The molecule has 2 unspecified atom stereocenters. The van der Waals surface area contributed by atoms with Crippen LogP contribution in [0.2, 0.25) is 0 Å². The van der Waals surface area contributed by atoms with E-state index in [1.807, 2.05) is 29.2 Å². The number of amides is 4.